The van der Waals surface area contributed by atoms with Crippen LogP contribution in [0.1, 0.15) is 39.2 Å². The van der Waals surface area contributed by atoms with Crippen LogP contribution in [0.3, 0.4) is 0 Å². The lowest BCUT2D eigenvalue weighted by atomic mass is 10.1. The minimum Gasteiger partial charge on any atom is -0.312 e. The first kappa shape index (κ1) is 11.5. The lowest BCUT2D eigenvalue weighted by Gasteiger charge is -2.23. The lowest BCUT2D eigenvalue weighted by Crippen LogP contribution is -2.39. The van der Waals surface area contributed by atoms with Gasteiger partial charge in [0.2, 0.25) is 0 Å². The van der Waals surface area contributed by atoms with Gasteiger partial charge in [-0.05, 0) is 33.2 Å². The monoisotopic (exact) mass is 223 g/mol. The van der Waals surface area contributed by atoms with Crippen molar-refractivity contribution in [1.29, 1.82) is 0 Å². The van der Waals surface area contributed by atoms with Crippen LogP contribution in [0.5, 0.6) is 0 Å². The molecule has 0 bridgehead atoms. The maximum atomic E-state index is 12.0. The smallest absolute Gasteiger partial charge is 0.312 e. The summed E-state index contributed by atoms with van der Waals surface area (Å²) in [4.78, 5) is 12.0. The summed E-state index contributed by atoms with van der Waals surface area (Å²) in [6, 6.07) is 0.711. The Labute approximate surface area is 96.3 Å². The number of hydrogen-bond donors (Lipinski definition) is 1. The Morgan fingerprint density at radius 3 is 2.81 bits per heavy atom. The molecular formula is C12H21N3O. The topological polar surface area (TPSA) is 39.0 Å². The minimum atomic E-state index is 0.113. The molecular weight excluding hydrogens is 202 g/mol. The van der Waals surface area contributed by atoms with Crippen LogP contribution in [0.15, 0.2) is 17.2 Å². The zero-order valence-electron chi connectivity index (χ0n) is 10.1. The predicted molar refractivity (Wildman–Crippen MR) is 64.7 cm³/mol. The molecule has 0 aliphatic carbocycles. The quantitative estimate of drug-likeness (QED) is 0.840. The highest BCUT2D eigenvalue weighted by atomic mass is 16.1. The Morgan fingerprint density at radius 1 is 1.44 bits per heavy atom. The molecule has 1 unspecified atom stereocenters. The van der Waals surface area contributed by atoms with Gasteiger partial charge in [-0.25, -0.2) is 4.79 Å². The zero-order chi connectivity index (χ0) is 11.5. The van der Waals surface area contributed by atoms with E-state index in [1.54, 1.807) is 4.57 Å². The Morgan fingerprint density at radius 2 is 2.25 bits per heavy atom. The molecule has 1 aromatic rings. The molecule has 4 nitrogen and oxygen atoms in total. The van der Waals surface area contributed by atoms with Crippen LogP contribution in [-0.2, 0) is 6.54 Å². The third-order valence-electron chi connectivity index (χ3n) is 3.26. The fourth-order valence-electron chi connectivity index (χ4n) is 2.28. The highest BCUT2D eigenvalue weighted by molar-refractivity contribution is 4.86. The average molecular weight is 223 g/mol. The number of rotatable bonds is 3. The van der Waals surface area contributed by atoms with Gasteiger partial charge in [-0.1, -0.05) is 6.42 Å². The second kappa shape index (κ2) is 4.87. The third-order valence-corrected chi connectivity index (χ3v) is 3.26. The number of nitrogens with zero attached hydrogens (tertiary/aromatic N) is 2. The van der Waals surface area contributed by atoms with Gasteiger partial charge in [0, 0.05) is 31.0 Å². The highest BCUT2D eigenvalue weighted by Crippen LogP contribution is 2.08. The van der Waals surface area contributed by atoms with Crippen LogP contribution in [-0.4, -0.2) is 21.7 Å². The maximum absolute atomic E-state index is 12.0. The molecule has 0 amide bonds. The van der Waals surface area contributed by atoms with Crippen LogP contribution in [0.2, 0.25) is 0 Å². The van der Waals surface area contributed by atoms with Gasteiger partial charge in [0.15, 0.2) is 0 Å². The van der Waals surface area contributed by atoms with E-state index < -0.39 is 0 Å². The van der Waals surface area contributed by atoms with E-state index in [4.69, 9.17) is 0 Å². The number of piperidine rings is 1. The van der Waals surface area contributed by atoms with Crippen molar-refractivity contribution in [3.63, 3.8) is 0 Å². The number of nitrogens with one attached hydrogen (secondary N) is 1. The summed E-state index contributed by atoms with van der Waals surface area (Å²) >= 11 is 0. The predicted octanol–water partition coefficient (Wildman–Crippen LogP) is 1.37. The van der Waals surface area contributed by atoms with Gasteiger partial charge in [0.1, 0.15) is 0 Å². The van der Waals surface area contributed by atoms with E-state index in [-0.39, 0.29) is 11.7 Å². The molecule has 4 heteroatoms. The van der Waals surface area contributed by atoms with Gasteiger partial charge in [-0.2, -0.15) is 0 Å². The van der Waals surface area contributed by atoms with E-state index >= 15 is 0 Å². The largest absolute Gasteiger partial charge is 0.328 e. The Bertz CT molecular complexity index is 385. The molecule has 1 N–H and O–H groups in total. The molecule has 2 rings (SSSR count). The molecule has 1 fully saturated rings. The minimum absolute atomic E-state index is 0.113. The molecule has 1 aliphatic rings. The van der Waals surface area contributed by atoms with Crippen LogP contribution < -0.4 is 11.0 Å². The number of hydrogen-bond acceptors (Lipinski definition) is 2. The van der Waals surface area contributed by atoms with Crippen molar-refractivity contribution in [2.24, 2.45) is 0 Å². The van der Waals surface area contributed by atoms with E-state index in [1.807, 2.05) is 30.8 Å². The highest BCUT2D eigenvalue weighted by Gasteiger charge is 2.15. The van der Waals surface area contributed by atoms with E-state index in [0.29, 0.717) is 6.04 Å². The molecule has 1 aliphatic heterocycles. The Balaban J connectivity index is 2.06. The molecule has 0 radical (unpaired) electrons. The molecule has 0 saturated carbocycles. The first-order valence-corrected chi connectivity index (χ1v) is 6.19. The summed E-state index contributed by atoms with van der Waals surface area (Å²) in [5.74, 6) is 0. The zero-order valence-corrected chi connectivity index (χ0v) is 10.1. The van der Waals surface area contributed by atoms with E-state index in [2.05, 4.69) is 5.32 Å². The van der Waals surface area contributed by atoms with Crippen LogP contribution in [0.4, 0.5) is 0 Å². The van der Waals surface area contributed by atoms with Crippen molar-refractivity contribution in [3.05, 3.63) is 22.9 Å². The summed E-state index contributed by atoms with van der Waals surface area (Å²) in [6.45, 7) is 5.96. The first-order chi connectivity index (χ1) is 7.68. The summed E-state index contributed by atoms with van der Waals surface area (Å²) in [5, 5.41) is 3.46. The van der Waals surface area contributed by atoms with Crippen molar-refractivity contribution >= 4 is 0 Å². The molecule has 16 heavy (non-hydrogen) atoms. The summed E-state index contributed by atoms with van der Waals surface area (Å²) in [7, 11) is 0. The van der Waals surface area contributed by atoms with Crippen LogP contribution >= 0.6 is 0 Å². The third kappa shape index (κ3) is 2.38. The van der Waals surface area contributed by atoms with Crippen LogP contribution in [0, 0.1) is 0 Å². The van der Waals surface area contributed by atoms with E-state index in [0.717, 1.165) is 13.1 Å². The lowest BCUT2D eigenvalue weighted by molar-refractivity contribution is 0.357. The van der Waals surface area contributed by atoms with Crippen molar-refractivity contribution in [3.8, 4) is 0 Å². The maximum Gasteiger partial charge on any atom is 0.328 e. The number of aromatic nitrogens is 2. The summed E-state index contributed by atoms with van der Waals surface area (Å²) in [5.41, 5.74) is 0.113. The second-order valence-corrected chi connectivity index (χ2v) is 4.88. The molecule has 2 heterocycles. The van der Waals surface area contributed by atoms with Crippen molar-refractivity contribution in [2.45, 2.75) is 51.7 Å². The van der Waals surface area contributed by atoms with Gasteiger partial charge in [0.05, 0.1) is 0 Å². The fourth-order valence-corrected chi connectivity index (χ4v) is 2.28. The average Bonchev–Trinajstić information content (AvgIpc) is 2.62. The SMILES string of the molecule is CC(C)n1ccn(CC2CCCCN2)c1=O. The molecule has 0 spiro atoms. The number of imidazole rings is 1. The van der Waals surface area contributed by atoms with Crippen LogP contribution in [0.25, 0.3) is 0 Å². The summed E-state index contributed by atoms with van der Waals surface area (Å²) < 4.78 is 3.60. The Hall–Kier alpha value is -1.03. The first-order valence-electron chi connectivity index (χ1n) is 6.19. The molecule has 0 aromatic carbocycles. The van der Waals surface area contributed by atoms with Gasteiger partial charge in [-0.15, -0.1) is 0 Å². The molecule has 1 atom stereocenters. The summed E-state index contributed by atoms with van der Waals surface area (Å²) in [6.07, 6.45) is 7.50. The van der Waals surface area contributed by atoms with Crippen molar-refractivity contribution in [1.82, 2.24) is 14.5 Å². The second-order valence-electron chi connectivity index (χ2n) is 4.88. The van der Waals surface area contributed by atoms with Crippen molar-refractivity contribution in [2.75, 3.05) is 6.54 Å². The molecule has 90 valence electrons. The van der Waals surface area contributed by atoms with Crippen molar-refractivity contribution < 1.29 is 0 Å². The normalized spacial score (nSPS) is 21.6. The Kier molecular flexibility index (Phi) is 3.49. The fraction of sp³-hybridized carbons (Fsp3) is 0.750. The van der Waals surface area contributed by atoms with Gasteiger partial charge in [0.25, 0.3) is 0 Å². The molecule has 1 aromatic heterocycles. The van der Waals surface area contributed by atoms with E-state index in [9.17, 15) is 4.79 Å². The van der Waals surface area contributed by atoms with Gasteiger partial charge >= 0.3 is 5.69 Å². The van der Waals surface area contributed by atoms with Gasteiger partial charge < -0.3 is 5.32 Å². The standard InChI is InChI=1S/C12H21N3O/c1-10(2)15-8-7-14(12(15)16)9-11-5-3-4-6-13-11/h7-8,10-11,13H,3-6,9H2,1-2H3. The van der Waals surface area contributed by atoms with E-state index in [1.165, 1.54) is 19.3 Å². The molecule has 1 saturated heterocycles. The van der Waals surface area contributed by atoms with Gasteiger partial charge in [-0.3, -0.25) is 9.13 Å².